The molecule has 4 aromatic rings. The van der Waals surface area contributed by atoms with Gasteiger partial charge in [0, 0.05) is 22.2 Å². The molecule has 106 valence electrons. The lowest BCUT2D eigenvalue weighted by atomic mass is 10.1. The summed E-state index contributed by atoms with van der Waals surface area (Å²) in [5.41, 5.74) is 1.94. The molecule has 0 saturated carbocycles. The molecule has 0 amide bonds. The minimum Gasteiger partial charge on any atom is -0.306 e. The Balaban J connectivity index is 2.09. The number of para-hydroxylation sites is 1. The summed E-state index contributed by atoms with van der Waals surface area (Å²) in [5.74, 6) is 0.468. The van der Waals surface area contributed by atoms with E-state index in [1.165, 1.54) is 0 Å². The molecule has 1 N–H and O–H groups in total. The highest BCUT2D eigenvalue weighted by atomic mass is 35.5. The van der Waals surface area contributed by atoms with Gasteiger partial charge < -0.3 is 4.98 Å². The molecule has 2 aromatic heterocycles. The molecule has 0 spiro atoms. The van der Waals surface area contributed by atoms with Gasteiger partial charge in [0.1, 0.15) is 5.82 Å². The van der Waals surface area contributed by atoms with Crippen molar-refractivity contribution in [3.63, 3.8) is 0 Å². The molecule has 0 unspecified atom stereocenters. The summed E-state index contributed by atoms with van der Waals surface area (Å²) < 4.78 is 0. The van der Waals surface area contributed by atoms with Crippen LogP contribution in [-0.4, -0.2) is 15.0 Å². The number of pyridine rings is 1. The molecule has 4 nitrogen and oxygen atoms in total. The van der Waals surface area contributed by atoms with Crippen LogP contribution in [-0.2, 0) is 0 Å². The Labute approximate surface area is 130 Å². The molecule has 4 rings (SSSR count). The van der Waals surface area contributed by atoms with Crippen molar-refractivity contribution < 1.29 is 0 Å². The number of nitrogens with zero attached hydrogens (tertiary/aromatic N) is 2. The van der Waals surface area contributed by atoms with Crippen molar-refractivity contribution >= 4 is 33.4 Å². The van der Waals surface area contributed by atoms with E-state index in [0.29, 0.717) is 27.3 Å². The molecule has 5 heteroatoms. The van der Waals surface area contributed by atoms with Gasteiger partial charge >= 0.3 is 0 Å². The molecule has 0 aliphatic carbocycles. The monoisotopic (exact) mass is 307 g/mol. The highest BCUT2D eigenvalue weighted by molar-refractivity contribution is 6.31. The number of aromatic nitrogens is 3. The lowest BCUT2D eigenvalue weighted by Crippen LogP contribution is -2.09. The standard InChI is InChI=1S/C17H10ClN3O/c18-11-8-10-4-3-7-19-15(10)13(9-11)16-20-14-6-2-1-5-12(14)17(22)21-16/h1-9H,(H,20,21,22). The summed E-state index contributed by atoms with van der Waals surface area (Å²) in [6.07, 6.45) is 1.71. The summed E-state index contributed by atoms with van der Waals surface area (Å²) in [7, 11) is 0. The van der Waals surface area contributed by atoms with Crippen LogP contribution in [0.2, 0.25) is 5.02 Å². The smallest absolute Gasteiger partial charge is 0.259 e. The number of benzene rings is 2. The third kappa shape index (κ3) is 2.05. The van der Waals surface area contributed by atoms with Crippen LogP contribution in [0.15, 0.2) is 59.5 Å². The first kappa shape index (κ1) is 13.0. The number of halogens is 1. The van der Waals surface area contributed by atoms with Crippen molar-refractivity contribution in [1.29, 1.82) is 0 Å². The molecule has 0 atom stereocenters. The summed E-state index contributed by atoms with van der Waals surface area (Å²) >= 11 is 6.18. The summed E-state index contributed by atoms with van der Waals surface area (Å²) in [5, 5.41) is 2.04. The van der Waals surface area contributed by atoms with E-state index in [1.807, 2.05) is 36.4 Å². The highest BCUT2D eigenvalue weighted by Gasteiger charge is 2.11. The van der Waals surface area contributed by atoms with Crippen molar-refractivity contribution in [2.24, 2.45) is 0 Å². The molecule has 0 fully saturated rings. The number of rotatable bonds is 1. The van der Waals surface area contributed by atoms with Crippen molar-refractivity contribution in [2.75, 3.05) is 0 Å². The van der Waals surface area contributed by atoms with Crippen LogP contribution >= 0.6 is 11.6 Å². The van der Waals surface area contributed by atoms with Gasteiger partial charge in [0.25, 0.3) is 5.56 Å². The fourth-order valence-corrected chi connectivity index (χ4v) is 2.78. The van der Waals surface area contributed by atoms with Crippen LogP contribution < -0.4 is 5.56 Å². The Morgan fingerprint density at radius 2 is 1.91 bits per heavy atom. The maximum atomic E-state index is 12.2. The Morgan fingerprint density at radius 3 is 2.82 bits per heavy atom. The molecule has 2 heterocycles. The van der Waals surface area contributed by atoms with E-state index in [0.717, 1.165) is 10.9 Å². The van der Waals surface area contributed by atoms with Gasteiger partial charge in [-0.3, -0.25) is 9.78 Å². The fraction of sp³-hybridized carbons (Fsp3) is 0. The van der Waals surface area contributed by atoms with Crippen molar-refractivity contribution in [2.45, 2.75) is 0 Å². The van der Waals surface area contributed by atoms with E-state index in [9.17, 15) is 4.79 Å². The van der Waals surface area contributed by atoms with Crippen LogP contribution in [0.1, 0.15) is 0 Å². The number of hydrogen-bond donors (Lipinski definition) is 1. The molecular formula is C17H10ClN3O. The lowest BCUT2D eigenvalue weighted by molar-refractivity contribution is 1.18. The molecule has 0 aliphatic rings. The van der Waals surface area contributed by atoms with Gasteiger partial charge in [-0.2, -0.15) is 0 Å². The average Bonchev–Trinajstić information content (AvgIpc) is 2.54. The normalized spacial score (nSPS) is 11.1. The second kappa shape index (κ2) is 4.93. The van der Waals surface area contributed by atoms with Crippen LogP contribution in [0, 0.1) is 0 Å². The van der Waals surface area contributed by atoms with Crippen LogP contribution in [0.25, 0.3) is 33.2 Å². The third-order valence-corrected chi connectivity index (χ3v) is 3.76. The number of aromatic amines is 1. The van der Waals surface area contributed by atoms with Crippen molar-refractivity contribution in [3.05, 3.63) is 70.1 Å². The van der Waals surface area contributed by atoms with Crippen LogP contribution in [0.4, 0.5) is 0 Å². The van der Waals surface area contributed by atoms with Gasteiger partial charge in [-0.1, -0.05) is 29.8 Å². The third-order valence-electron chi connectivity index (χ3n) is 3.54. The predicted octanol–water partition coefficient (Wildman–Crippen LogP) is 3.79. The molecule has 0 aliphatic heterocycles. The average molecular weight is 308 g/mol. The topological polar surface area (TPSA) is 58.6 Å². The quantitative estimate of drug-likeness (QED) is 0.582. The summed E-state index contributed by atoms with van der Waals surface area (Å²) in [6.45, 7) is 0. The first-order chi connectivity index (χ1) is 10.7. The summed E-state index contributed by atoms with van der Waals surface area (Å²) in [6, 6.07) is 14.6. The van der Waals surface area contributed by atoms with Gasteiger partial charge in [0.2, 0.25) is 0 Å². The van der Waals surface area contributed by atoms with Crippen molar-refractivity contribution in [1.82, 2.24) is 15.0 Å². The fourth-order valence-electron chi connectivity index (χ4n) is 2.55. The van der Waals surface area contributed by atoms with Gasteiger partial charge in [-0.05, 0) is 30.3 Å². The first-order valence-corrected chi connectivity index (χ1v) is 7.14. The van der Waals surface area contributed by atoms with Crippen LogP contribution in [0.3, 0.4) is 0 Å². The molecular weight excluding hydrogens is 298 g/mol. The second-order valence-corrected chi connectivity index (χ2v) is 5.40. The minimum absolute atomic E-state index is 0.176. The Hall–Kier alpha value is -2.72. The zero-order chi connectivity index (χ0) is 15.1. The summed E-state index contributed by atoms with van der Waals surface area (Å²) in [4.78, 5) is 24.0. The Morgan fingerprint density at radius 1 is 1.05 bits per heavy atom. The first-order valence-electron chi connectivity index (χ1n) is 6.76. The Kier molecular flexibility index (Phi) is 2.91. The number of nitrogens with one attached hydrogen (secondary N) is 1. The second-order valence-electron chi connectivity index (χ2n) is 4.96. The van der Waals surface area contributed by atoms with Gasteiger partial charge in [-0.15, -0.1) is 0 Å². The SMILES string of the molecule is O=c1[nH]c(-c2cc(Cl)cc3cccnc23)nc2ccccc12. The van der Waals surface area contributed by atoms with E-state index in [4.69, 9.17) is 11.6 Å². The maximum Gasteiger partial charge on any atom is 0.259 e. The van der Waals surface area contributed by atoms with E-state index >= 15 is 0 Å². The Bertz CT molecular complexity index is 1070. The molecule has 0 bridgehead atoms. The van der Waals surface area contributed by atoms with Gasteiger partial charge in [-0.25, -0.2) is 4.98 Å². The van der Waals surface area contributed by atoms with Crippen molar-refractivity contribution in [3.8, 4) is 11.4 Å². The molecule has 2 aromatic carbocycles. The zero-order valence-corrected chi connectivity index (χ0v) is 12.1. The van der Waals surface area contributed by atoms with Crippen LogP contribution in [0.5, 0.6) is 0 Å². The van der Waals surface area contributed by atoms with E-state index < -0.39 is 0 Å². The largest absolute Gasteiger partial charge is 0.306 e. The van der Waals surface area contributed by atoms with Gasteiger partial charge in [0.05, 0.1) is 16.4 Å². The minimum atomic E-state index is -0.176. The number of hydrogen-bond acceptors (Lipinski definition) is 3. The highest BCUT2D eigenvalue weighted by Crippen LogP contribution is 2.28. The lowest BCUT2D eigenvalue weighted by Gasteiger charge is -2.07. The molecule has 0 saturated heterocycles. The van der Waals surface area contributed by atoms with E-state index in [2.05, 4.69) is 15.0 Å². The van der Waals surface area contributed by atoms with Gasteiger partial charge in [0.15, 0.2) is 0 Å². The molecule has 22 heavy (non-hydrogen) atoms. The number of fused-ring (bicyclic) bond motifs is 2. The maximum absolute atomic E-state index is 12.2. The number of H-pyrrole nitrogens is 1. The molecule has 0 radical (unpaired) electrons. The predicted molar refractivity (Wildman–Crippen MR) is 88.1 cm³/mol. The van der Waals surface area contributed by atoms with E-state index in [1.54, 1.807) is 18.3 Å². The zero-order valence-electron chi connectivity index (χ0n) is 11.4. The van der Waals surface area contributed by atoms with E-state index in [-0.39, 0.29) is 5.56 Å².